The van der Waals surface area contributed by atoms with Gasteiger partial charge < -0.3 is 14.8 Å². The molecule has 4 rings (SSSR count). The van der Waals surface area contributed by atoms with Crippen LogP contribution in [-0.2, 0) is 15.6 Å². The molecule has 0 bridgehead atoms. The Bertz CT molecular complexity index is 1240. The third kappa shape index (κ3) is 3.89. The number of anilines is 2. The number of hydrogen-bond acceptors (Lipinski definition) is 7. The minimum Gasteiger partial charge on any atom is -0.493 e. The molecule has 1 aromatic heterocycles. The van der Waals surface area contributed by atoms with Crippen LogP contribution in [-0.4, -0.2) is 32.9 Å². The first-order valence-corrected chi connectivity index (χ1v) is 11.2. The molecule has 0 unspecified atom stereocenters. The van der Waals surface area contributed by atoms with E-state index in [9.17, 15) is 13.7 Å². The molecule has 8 heteroatoms. The largest absolute Gasteiger partial charge is 0.493 e. The van der Waals surface area contributed by atoms with E-state index in [2.05, 4.69) is 16.4 Å². The predicted molar refractivity (Wildman–Crippen MR) is 115 cm³/mol. The first-order valence-electron chi connectivity index (χ1n) is 9.47. The highest BCUT2D eigenvalue weighted by molar-refractivity contribution is 7.91. The van der Waals surface area contributed by atoms with Crippen molar-refractivity contribution < 1.29 is 17.9 Å². The molecule has 0 amide bonds. The van der Waals surface area contributed by atoms with Crippen LogP contribution in [0.4, 0.5) is 11.4 Å². The maximum absolute atomic E-state index is 12.2. The van der Waals surface area contributed by atoms with Gasteiger partial charge in [0.15, 0.2) is 21.3 Å². The van der Waals surface area contributed by atoms with Crippen LogP contribution in [0.1, 0.15) is 24.0 Å². The highest BCUT2D eigenvalue weighted by atomic mass is 32.2. The second-order valence-corrected chi connectivity index (χ2v) is 9.49. The monoisotopic (exact) mass is 423 g/mol. The molecule has 1 N–H and O–H groups in total. The van der Waals surface area contributed by atoms with Crippen molar-refractivity contribution in [2.45, 2.75) is 23.8 Å². The van der Waals surface area contributed by atoms with Crippen LogP contribution >= 0.6 is 0 Å². The normalized spacial score (nSPS) is 13.6. The molecular weight excluding hydrogens is 402 g/mol. The number of nitriles is 1. The molecule has 1 aliphatic rings. The van der Waals surface area contributed by atoms with Crippen molar-refractivity contribution in [2.75, 3.05) is 19.5 Å². The molecule has 0 radical (unpaired) electrons. The summed E-state index contributed by atoms with van der Waals surface area (Å²) < 4.78 is 35.1. The van der Waals surface area contributed by atoms with Crippen molar-refractivity contribution in [3.8, 4) is 17.6 Å². The van der Waals surface area contributed by atoms with E-state index in [1.165, 1.54) is 6.20 Å². The predicted octanol–water partition coefficient (Wildman–Crippen LogP) is 3.94. The molecule has 0 spiro atoms. The van der Waals surface area contributed by atoms with Gasteiger partial charge in [-0.3, -0.25) is 4.98 Å². The fourth-order valence-corrected chi connectivity index (χ4v) is 5.09. The van der Waals surface area contributed by atoms with Gasteiger partial charge in [-0.25, -0.2) is 8.42 Å². The summed E-state index contributed by atoms with van der Waals surface area (Å²) in [5, 5.41) is 13.4. The van der Waals surface area contributed by atoms with E-state index in [4.69, 9.17) is 9.47 Å². The van der Waals surface area contributed by atoms with E-state index in [1.54, 1.807) is 38.5 Å². The molecular formula is C22H21N3O4S. The van der Waals surface area contributed by atoms with Gasteiger partial charge >= 0.3 is 0 Å². The van der Waals surface area contributed by atoms with Gasteiger partial charge in [0.05, 0.1) is 42.0 Å². The standard InChI is InChI=1S/C22H21N3O4S/c1-28-20-9-18-19(10-21(20)29-2)24-12-15(11-23)22(18)25-16-5-3-14(4-6-16)13-30(26,27)17-7-8-17/h3-6,9-10,12,17H,7-8,13H2,1-2H3,(H,24,25). The van der Waals surface area contributed by atoms with Gasteiger partial charge in [0.2, 0.25) is 0 Å². The fourth-order valence-electron chi connectivity index (χ4n) is 3.34. The highest BCUT2D eigenvalue weighted by Gasteiger charge is 2.35. The van der Waals surface area contributed by atoms with Gasteiger partial charge in [-0.05, 0) is 36.6 Å². The summed E-state index contributed by atoms with van der Waals surface area (Å²) in [6.07, 6.45) is 3.04. The van der Waals surface area contributed by atoms with Crippen LogP contribution in [0.25, 0.3) is 10.9 Å². The number of hydrogen-bond donors (Lipinski definition) is 1. The summed E-state index contributed by atoms with van der Waals surface area (Å²) >= 11 is 0. The Hall–Kier alpha value is -3.31. The number of nitrogens with one attached hydrogen (secondary N) is 1. The zero-order chi connectivity index (χ0) is 21.3. The van der Waals surface area contributed by atoms with Gasteiger partial charge in [-0.2, -0.15) is 5.26 Å². The van der Waals surface area contributed by atoms with E-state index < -0.39 is 9.84 Å². The van der Waals surface area contributed by atoms with E-state index in [-0.39, 0.29) is 11.0 Å². The molecule has 7 nitrogen and oxygen atoms in total. The van der Waals surface area contributed by atoms with Crippen LogP contribution in [0.5, 0.6) is 11.5 Å². The number of ether oxygens (including phenoxy) is 2. The van der Waals surface area contributed by atoms with Crippen LogP contribution in [0.15, 0.2) is 42.6 Å². The maximum Gasteiger partial charge on any atom is 0.162 e. The Morgan fingerprint density at radius 2 is 1.80 bits per heavy atom. The van der Waals surface area contributed by atoms with Crippen molar-refractivity contribution in [1.82, 2.24) is 4.98 Å². The Morgan fingerprint density at radius 3 is 2.40 bits per heavy atom. The zero-order valence-electron chi connectivity index (χ0n) is 16.7. The minimum atomic E-state index is -3.06. The molecule has 1 aliphatic carbocycles. The molecule has 3 aromatic rings. The highest BCUT2D eigenvalue weighted by Crippen LogP contribution is 2.37. The number of fused-ring (bicyclic) bond motifs is 1. The third-order valence-corrected chi connectivity index (χ3v) is 7.34. The van der Waals surface area contributed by atoms with E-state index >= 15 is 0 Å². The van der Waals surface area contributed by atoms with Crippen molar-refractivity contribution >= 4 is 32.1 Å². The van der Waals surface area contributed by atoms with Crippen molar-refractivity contribution in [1.29, 1.82) is 5.26 Å². The Kier molecular flexibility index (Phi) is 5.22. The summed E-state index contributed by atoms with van der Waals surface area (Å²) in [4.78, 5) is 4.35. The number of methoxy groups -OCH3 is 2. The van der Waals surface area contributed by atoms with Crippen molar-refractivity contribution in [2.24, 2.45) is 0 Å². The van der Waals surface area contributed by atoms with E-state index in [0.717, 1.165) is 24.1 Å². The number of benzene rings is 2. The van der Waals surface area contributed by atoms with Crippen LogP contribution in [0.2, 0.25) is 0 Å². The van der Waals surface area contributed by atoms with Crippen molar-refractivity contribution in [3.63, 3.8) is 0 Å². The third-order valence-electron chi connectivity index (χ3n) is 5.12. The Morgan fingerprint density at radius 1 is 1.13 bits per heavy atom. The van der Waals surface area contributed by atoms with Gasteiger partial charge in [-0.15, -0.1) is 0 Å². The number of aromatic nitrogens is 1. The quantitative estimate of drug-likeness (QED) is 0.614. The van der Waals surface area contributed by atoms with E-state index in [0.29, 0.717) is 33.7 Å². The lowest BCUT2D eigenvalue weighted by atomic mass is 10.1. The molecule has 154 valence electrons. The second-order valence-electron chi connectivity index (χ2n) is 7.21. The maximum atomic E-state index is 12.2. The summed E-state index contributed by atoms with van der Waals surface area (Å²) in [5.74, 6) is 1.14. The molecule has 2 aromatic carbocycles. The van der Waals surface area contributed by atoms with Crippen LogP contribution in [0.3, 0.4) is 0 Å². The molecule has 0 saturated heterocycles. The molecule has 1 heterocycles. The lowest BCUT2D eigenvalue weighted by Gasteiger charge is -2.14. The van der Waals surface area contributed by atoms with Crippen molar-refractivity contribution in [3.05, 3.63) is 53.7 Å². The lowest BCUT2D eigenvalue weighted by Crippen LogP contribution is -2.09. The first-order chi connectivity index (χ1) is 14.4. The molecule has 30 heavy (non-hydrogen) atoms. The average Bonchev–Trinajstić information content (AvgIpc) is 3.60. The van der Waals surface area contributed by atoms with Gasteiger partial charge in [0, 0.05) is 23.3 Å². The van der Waals surface area contributed by atoms with Gasteiger partial charge in [0.25, 0.3) is 0 Å². The number of nitrogens with zero attached hydrogens (tertiary/aromatic N) is 2. The molecule has 1 fully saturated rings. The minimum absolute atomic E-state index is 0.0522. The summed E-state index contributed by atoms with van der Waals surface area (Å²) in [6, 6.07) is 12.9. The average molecular weight is 423 g/mol. The van der Waals surface area contributed by atoms with Crippen LogP contribution < -0.4 is 14.8 Å². The number of pyridine rings is 1. The fraction of sp³-hybridized carbons (Fsp3) is 0.273. The van der Waals surface area contributed by atoms with Crippen LogP contribution in [0, 0.1) is 11.3 Å². The lowest BCUT2D eigenvalue weighted by molar-refractivity contribution is 0.356. The summed E-state index contributed by atoms with van der Waals surface area (Å²) in [6.45, 7) is 0. The number of rotatable bonds is 7. The first kappa shape index (κ1) is 20.0. The van der Waals surface area contributed by atoms with Gasteiger partial charge in [-0.1, -0.05) is 12.1 Å². The van der Waals surface area contributed by atoms with E-state index in [1.807, 2.05) is 12.1 Å². The topological polar surface area (TPSA) is 101 Å². The number of sulfone groups is 1. The Balaban J connectivity index is 1.68. The molecule has 0 atom stereocenters. The zero-order valence-corrected chi connectivity index (χ0v) is 17.5. The molecule has 0 aliphatic heterocycles. The SMILES string of the molecule is COc1cc2ncc(C#N)c(Nc3ccc(CS(=O)(=O)C4CC4)cc3)c2cc1OC. The summed E-state index contributed by atoms with van der Waals surface area (Å²) in [5.41, 5.74) is 3.12. The second kappa shape index (κ2) is 7.84. The van der Waals surface area contributed by atoms with Gasteiger partial charge in [0.1, 0.15) is 6.07 Å². The smallest absolute Gasteiger partial charge is 0.162 e. The molecule has 1 saturated carbocycles. The summed E-state index contributed by atoms with van der Waals surface area (Å²) in [7, 11) is 0.0383. The Labute approximate surface area is 175 Å².